The molecule has 5 heterocycles. The minimum absolute atomic E-state index is 0.350. The summed E-state index contributed by atoms with van der Waals surface area (Å²) in [6.45, 7) is 16.9. The number of aromatic nitrogens is 3. The Kier molecular flexibility index (Phi) is 8.17. The highest BCUT2D eigenvalue weighted by atomic mass is 28.3. The second-order valence-corrected chi connectivity index (χ2v) is 24.4. The minimum atomic E-state index is -1.87. The van der Waals surface area contributed by atoms with Gasteiger partial charge in [0, 0.05) is 27.6 Å². The molecule has 5 heteroatoms. The third kappa shape index (κ3) is 5.26. The number of hydrogen-bond acceptors (Lipinski definition) is 1. The number of fused-ring (bicyclic) bond motifs is 16. The fourth-order valence-electron chi connectivity index (χ4n) is 11.0. The van der Waals surface area contributed by atoms with E-state index in [2.05, 4.69) is 231 Å². The SMILES string of the molecule is CC(C)c1ccc2c(c1)C1(c3ccc4c(oc5ccccc54)c3-c3n(-c4cc(-c5ccccc5)ccc4-c4ccccc4)c4ccccc4[n+]31)[n+]1cc([Si](C)(C)C)c(C(C)C)cc1-2. The second kappa shape index (κ2) is 13.6. The quantitative estimate of drug-likeness (QED) is 0.121. The fraction of sp³-hybridized carbons (Fsp3) is 0.172. The van der Waals surface area contributed by atoms with E-state index in [1.54, 1.807) is 0 Å². The van der Waals surface area contributed by atoms with Crippen LogP contribution in [0.2, 0.25) is 19.6 Å². The van der Waals surface area contributed by atoms with Crippen LogP contribution >= 0.6 is 0 Å². The number of hydrogen-bond donors (Lipinski definition) is 0. The number of rotatable bonds is 6. The summed E-state index contributed by atoms with van der Waals surface area (Å²) in [4.78, 5) is 0. The summed E-state index contributed by atoms with van der Waals surface area (Å²) in [6, 6.07) is 60.9. The maximum absolute atomic E-state index is 7.19. The topological polar surface area (TPSA) is 25.8 Å². The molecule has 1 atom stereocenters. The van der Waals surface area contributed by atoms with Crippen molar-refractivity contribution in [3.8, 4) is 50.6 Å². The van der Waals surface area contributed by atoms with Gasteiger partial charge in [-0.1, -0.05) is 150 Å². The van der Waals surface area contributed by atoms with E-state index in [0.717, 1.165) is 44.5 Å². The van der Waals surface area contributed by atoms with Gasteiger partial charge in [0.15, 0.2) is 22.8 Å². The summed E-state index contributed by atoms with van der Waals surface area (Å²) in [5.74, 6) is 1.85. The van der Waals surface area contributed by atoms with E-state index in [1.165, 1.54) is 66.5 Å². The summed E-state index contributed by atoms with van der Waals surface area (Å²) in [5.41, 5.74) is 18.2. The Morgan fingerprint density at radius 2 is 1.29 bits per heavy atom. The highest BCUT2D eigenvalue weighted by molar-refractivity contribution is 6.89. The van der Waals surface area contributed by atoms with Crippen LogP contribution < -0.4 is 14.3 Å². The van der Waals surface area contributed by atoms with E-state index in [1.807, 2.05) is 0 Å². The first-order chi connectivity index (χ1) is 30.6. The van der Waals surface area contributed by atoms with Gasteiger partial charge in [-0.05, 0) is 94.3 Å². The normalized spacial score (nSPS) is 15.3. The molecule has 0 amide bonds. The van der Waals surface area contributed by atoms with Crippen LogP contribution in [0.3, 0.4) is 0 Å². The Morgan fingerprint density at radius 1 is 0.587 bits per heavy atom. The molecule has 4 nitrogen and oxygen atoms in total. The predicted octanol–water partition coefficient (Wildman–Crippen LogP) is 13.5. The Bertz CT molecular complexity index is 3500. The van der Waals surface area contributed by atoms with Crippen LogP contribution in [0.1, 0.15) is 61.8 Å². The van der Waals surface area contributed by atoms with Gasteiger partial charge >= 0.3 is 11.5 Å². The van der Waals surface area contributed by atoms with E-state index >= 15 is 0 Å². The number of imidazole rings is 1. The van der Waals surface area contributed by atoms with Gasteiger partial charge in [0.1, 0.15) is 16.8 Å². The Hall–Kier alpha value is -6.82. The van der Waals surface area contributed by atoms with E-state index in [0.29, 0.717) is 11.8 Å². The predicted molar refractivity (Wildman–Crippen MR) is 262 cm³/mol. The van der Waals surface area contributed by atoms with Gasteiger partial charge in [-0.3, -0.25) is 0 Å². The first kappa shape index (κ1) is 37.9. The molecule has 0 saturated carbocycles. The molecule has 3 aromatic heterocycles. The van der Waals surface area contributed by atoms with Crippen molar-refractivity contribution in [2.45, 2.75) is 64.8 Å². The van der Waals surface area contributed by atoms with E-state index in [-0.39, 0.29) is 0 Å². The lowest BCUT2D eigenvalue weighted by molar-refractivity contribution is -0.944. The molecule has 306 valence electrons. The molecule has 1 unspecified atom stereocenters. The van der Waals surface area contributed by atoms with Gasteiger partial charge in [0.05, 0.1) is 24.8 Å². The molecule has 0 radical (unpaired) electrons. The highest BCUT2D eigenvalue weighted by Gasteiger charge is 2.67. The smallest absolute Gasteiger partial charge is 0.364 e. The molecule has 7 aromatic carbocycles. The van der Waals surface area contributed by atoms with Crippen LogP contribution in [-0.2, 0) is 5.66 Å². The lowest BCUT2D eigenvalue weighted by atomic mass is 9.86. The van der Waals surface area contributed by atoms with Crippen molar-refractivity contribution in [2.75, 3.05) is 0 Å². The molecule has 1 spiro atoms. The average molecular weight is 834 g/mol. The molecular formula is C58H51N3OSi+2. The van der Waals surface area contributed by atoms with Crippen LogP contribution in [0.15, 0.2) is 174 Å². The number of benzene rings is 7. The maximum atomic E-state index is 7.19. The maximum Gasteiger partial charge on any atom is 0.364 e. The van der Waals surface area contributed by atoms with Crippen molar-refractivity contribution in [3.63, 3.8) is 0 Å². The van der Waals surface area contributed by atoms with Crippen molar-refractivity contribution in [1.29, 1.82) is 0 Å². The summed E-state index contributed by atoms with van der Waals surface area (Å²) < 4.78 is 15.1. The van der Waals surface area contributed by atoms with Crippen molar-refractivity contribution in [1.82, 2.24) is 4.57 Å². The number of furan rings is 1. The molecule has 0 aliphatic carbocycles. The van der Waals surface area contributed by atoms with Crippen LogP contribution in [0.5, 0.6) is 0 Å². The zero-order valence-electron chi connectivity index (χ0n) is 37.1. The Labute approximate surface area is 370 Å². The number of para-hydroxylation sites is 3. The van der Waals surface area contributed by atoms with Gasteiger partial charge in [0.25, 0.3) is 0 Å². The van der Waals surface area contributed by atoms with Crippen molar-refractivity contribution in [3.05, 3.63) is 192 Å². The lowest BCUT2D eigenvalue weighted by Crippen LogP contribution is -2.72. The molecule has 2 aliphatic rings. The van der Waals surface area contributed by atoms with Crippen LogP contribution in [0.25, 0.3) is 83.6 Å². The second-order valence-electron chi connectivity index (χ2n) is 19.3. The Balaban J connectivity index is 1.33. The fourth-order valence-corrected chi connectivity index (χ4v) is 12.7. The Morgan fingerprint density at radius 3 is 2.03 bits per heavy atom. The van der Waals surface area contributed by atoms with Crippen molar-refractivity contribution in [2.24, 2.45) is 0 Å². The van der Waals surface area contributed by atoms with Gasteiger partial charge in [-0.2, -0.15) is 4.57 Å². The van der Waals surface area contributed by atoms with E-state index < -0.39 is 13.7 Å². The molecule has 0 saturated heterocycles. The molecule has 2 aliphatic heterocycles. The third-order valence-corrected chi connectivity index (χ3v) is 16.0. The van der Waals surface area contributed by atoms with Gasteiger partial charge in [0.2, 0.25) is 5.69 Å². The first-order valence-electron chi connectivity index (χ1n) is 22.6. The molecule has 0 bridgehead atoms. The molecule has 10 aromatic rings. The summed E-state index contributed by atoms with van der Waals surface area (Å²) in [5, 5.41) is 3.76. The van der Waals surface area contributed by atoms with E-state index in [9.17, 15) is 0 Å². The van der Waals surface area contributed by atoms with Crippen LogP contribution in [-0.4, -0.2) is 12.6 Å². The summed E-state index contributed by atoms with van der Waals surface area (Å²) in [7, 11) is -1.87. The lowest BCUT2D eigenvalue weighted by Gasteiger charge is -2.25. The molecule has 63 heavy (non-hydrogen) atoms. The number of nitrogens with zero attached hydrogens (tertiary/aromatic N) is 3. The standard InChI is InChI=1S/C58H51N3OSi/c1-36(2)40-26-29-45-48(32-40)58(59-35-54(63(5,6)7)46(37(3)4)34-51(45)59)47-31-30-44-43-22-14-17-25-53(43)62-56(44)55(47)57-60(49-23-15-16-24-50(49)61(57)58)52-33-41(38-18-10-8-11-19-38)27-28-42(52)39-20-12-9-13-21-39/h8-37H,1-7H3/q+2. The molecule has 0 N–H and O–H groups in total. The molecular weight excluding hydrogens is 783 g/mol. The molecule has 12 rings (SSSR count). The number of pyridine rings is 1. The van der Waals surface area contributed by atoms with Crippen LogP contribution in [0, 0.1) is 0 Å². The first-order valence-corrected chi connectivity index (χ1v) is 26.1. The average Bonchev–Trinajstić information content (AvgIpc) is 4.01. The largest absolute Gasteiger partial charge is 0.455 e. The highest BCUT2D eigenvalue weighted by Crippen LogP contribution is 2.53. The molecule has 0 fully saturated rings. The summed E-state index contributed by atoms with van der Waals surface area (Å²) >= 11 is 0. The van der Waals surface area contributed by atoms with Gasteiger partial charge in [-0.25, -0.2) is 0 Å². The van der Waals surface area contributed by atoms with Gasteiger partial charge < -0.3 is 4.42 Å². The van der Waals surface area contributed by atoms with Gasteiger partial charge in [-0.15, -0.1) is 9.13 Å². The minimum Gasteiger partial charge on any atom is -0.455 e. The van der Waals surface area contributed by atoms with Crippen molar-refractivity contribution >= 4 is 46.2 Å². The zero-order valence-corrected chi connectivity index (χ0v) is 38.1. The van der Waals surface area contributed by atoms with E-state index in [4.69, 9.17) is 4.42 Å². The third-order valence-electron chi connectivity index (χ3n) is 13.9. The summed E-state index contributed by atoms with van der Waals surface area (Å²) in [6.07, 6.45) is 2.58. The monoisotopic (exact) mass is 833 g/mol. The zero-order chi connectivity index (χ0) is 42.9. The van der Waals surface area contributed by atoms with Crippen LogP contribution in [0.4, 0.5) is 0 Å². The van der Waals surface area contributed by atoms with Crippen molar-refractivity contribution < 1.29 is 13.6 Å².